The first-order valence-electron chi connectivity index (χ1n) is 6.42. The number of ether oxygens (including phenoxy) is 1. The summed E-state index contributed by atoms with van der Waals surface area (Å²) in [5, 5.41) is 23.6. The molecule has 0 saturated carbocycles. The minimum absolute atomic E-state index is 0.0564. The van der Waals surface area contributed by atoms with E-state index < -0.39 is 17.4 Å². The number of rotatable bonds is 3. The standard InChI is InChI=1S/C14H15N3O4/c15-7-10-3-1-2-4-11(10)17-13(19)12(18)16-8-14(20)5-6-21-9-14/h1-4,20H,5-6,8-9H2,(H,16,18)(H,17,19). The molecule has 0 radical (unpaired) electrons. The Morgan fingerprint density at radius 3 is 2.81 bits per heavy atom. The molecule has 0 bridgehead atoms. The third kappa shape index (κ3) is 3.78. The molecule has 0 spiro atoms. The van der Waals surface area contributed by atoms with Gasteiger partial charge in [-0.05, 0) is 12.1 Å². The van der Waals surface area contributed by atoms with Gasteiger partial charge in [-0.25, -0.2) is 0 Å². The summed E-state index contributed by atoms with van der Waals surface area (Å²) in [6.07, 6.45) is 0.409. The van der Waals surface area contributed by atoms with Crippen LogP contribution in [0, 0.1) is 11.3 Å². The molecule has 0 aliphatic carbocycles. The van der Waals surface area contributed by atoms with E-state index in [-0.39, 0.29) is 24.4 Å². The van der Waals surface area contributed by atoms with E-state index in [1.165, 1.54) is 12.1 Å². The lowest BCUT2D eigenvalue weighted by atomic mass is 10.0. The number of aliphatic hydroxyl groups is 1. The fourth-order valence-corrected chi connectivity index (χ4v) is 1.93. The molecule has 1 heterocycles. The molecule has 1 saturated heterocycles. The van der Waals surface area contributed by atoms with Crippen molar-refractivity contribution in [3.63, 3.8) is 0 Å². The lowest BCUT2D eigenvalue weighted by Crippen LogP contribution is -2.46. The number of nitriles is 1. The Balaban J connectivity index is 1.91. The van der Waals surface area contributed by atoms with E-state index in [0.717, 1.165) is 0 Å². The summed E-state index contributed by atoms with van der Waals surface area (Å²) < 4.78 is 5.04. The van der Waals surface area contributed by atoms with E-state index in [4.69, 9.17) is 10.00 Å². The van der Waals surface area contributed by atoms with Crippen molar-refractivity contribution in [1.29, 1.82) is 5.26 Å². The third-order valence-electron chi connectivity index (χ3n) is 3.16. The summed E-state index contributed by atoms with van der Waals surface area (Å²) in [6, 6.07) is 8.29. The molecule has 1 fully saturated rings. The Labute approximate surface area is 121 Å². The topological polar surface area (TPSA) is 111 Å². The summed E-state index contributed by atoms with van der Waals surface area (Å²) in [5.74, 6) is -1.76. The van der Waals surface area contributed by atoms with Gasteiger partial charge in [0.1, 0.15) is 11.7 Å². The lowest BCUT2D eigenvalue weighted by molar-refractivity contribution is -0.136. The fourth-order valence-electron chi connectivity index (χ4n) is 1.93. The van der Waals surface area contributed by atoms with Crippen LogP contribution >= 0.6 is 0 Å². The van der Waals surface area contributed by atoms with Crippen LogP contribution in [0.4, 0.5) is 5.69 Å². The number of hydrogen-bond acceptors (Lipinski definition) is 5. The Morgan fingerprint density at radius 1 is 1.38 bits per heavy atom. The minimum Gasteiger partial charge on any atom is -0.386 e. The van der Waals surface area contributed by atoms with E-state index >= 15 is 0 Å². The first kappa shape index (κ1) is 15.0. The predicted molar refractivity (Wildman–Crippen MR) is 73.2 cm³/mol. The highest BCUT2D eigenvalue weighted by atomic mass is 16.5. The van der Waals surface area contributed by atoms with Gasteiger partial charge < -0.3 is 20.5 Å². The monoisotopic (exact) mass is 289 g/mol. The third-order valence-corrected chi connectivity index (χ3v) is 3.16. The lowest BCUT2D eigenvalue weighted by Gasteiger charge is -2.20. The van der Waals surface area contributed by atoms with Gasteiger partial charge in [0.25, 0.3) is 0 Å². The molecule has 7 heteroatoms. The van der Waals surface area contributed by atoms with E-state index in [9.17, 15) is 14.7 Å². The highest BCUT2D eigenvalue weighted by molar-refractivity contribution is 6.39. The van der Waals surface area contributed by atoms with E-state index in [1.807, 2.05) is 6.07 Å². The summed E-state index contributed by atoms with van der Waals surface area (Å²) in [5.41, 5.74) is -0.593. The molecular formula is C14H15N3O4. The van der Waals surface area contributed by atoms with Crippen molar-refractivity contribution in [2.75, 3.05) is 25.1 Å². The first-order valence-corrected chi connectivity index (χ1v) is 6.42. The van der Waals surface area contributed by atoms with Gasteiger partial charge in [-0.2, -0.15) is 5.26 Å². The Kier molecular flexibility index (Phi) is 4.52. The number of nitrogens with one attached hydrogen (secondary N) is 2. The summed E-state index contributed by atoms with van der Waals surface area (Å²) in [6.45, 7) is 0.499. The Hall–Kier alpha value is -2.43. The zero-order valence-electron chi connectivity index (χ0n) is 11.3. The second-order valence-electron chi connectivity index (χ2n) is 4.82. The van der Waals surface area contributed by atoms with Crippen molar-refractivity contribution in [3.8, 4) is 6.07 Å². The zero-order valence-corrected chi connectivity index (χ0v) is 11.3. The molecule has 2 rings (SSSR count). The number of amides is 2. The Morgan fingerprint density at radius 2 is 2.14 bits per heavy atom. The van der Waals surface area contributed by atoms with Gasteiger partial charge in [-0.3, -0.25) is 9.59 Å². The second-order valence-corrected chi connectivity index (χ2v) is 4.82. The number of para-hydroxylation sites is 1. The largest absolute Gasteiger partial charge is 0.386 e. The van der Waals surface area contributed by atoms with Gasteiger partial charge in [0.05, 0.1) is 17.9 Å². The molecule has 1 aliphatic rings. The van der Waals surface area contributed by atoms with Crippen LogP contribution in [0.15, 0.2) is 24.3 Å². The van der Waals surface area contributed by atoms with Crippen molar-refractivity contribution >= 4 is 17.5 Å². The molecule has 2 amide bonds. The second kappa shape index (κ2) is 6.35. The van der Waals surface area contributed by atoms with Gasteiger partial charge in [0.2, 0.25) is 0 Å². The molecule has 110 valence electrons. The van der Waals surface area contributed by atoms with E-state index in [1.54, 1.807) is 12.1 Å². The average molecular weight is 289 g/mol. The molecule has 3 N–H and O–H groups in total. The summed E-state index contributed by atoms with van der Waals surface area (Å²) >= 11 is 0. The Bertz CT molecular complexity index is 588. The molecule has 1 atom stereocenters. The van der Waals surface area contributed by atoms with Crippen LogP contribution in [-0.4, -0.2) is 42.3 Å². The highest BCUT2D eigenvalue weighted by Crippen LogP contribution is 2.17. The van der Waals surface area contributed by atoms with Crippen molar-refractivity contribution in [1.82, 2.24) is 5.32 Å². The van der Waals surface area contributed by atoms with E-state index in [2.05, 4.69) is 10.6 Å². The number of benzene rings is 1. The molecule has 1 aromatic rings. The van der Waals surface area contributed by atoms with Crippen molar-refractivity contribution in [2.24, 2.45) is 0 Å². The maximum absolute atomic E-state index is 11.7. The van der Waals surface area contributed by atoms with Crippen LogP contribution in [0.25, 0.3) is 0 Å². The zero-order chi connectivity index (χ0) is 15.3. The molecule has 0 aromatic heterocycles. The molecular weight excluding hydrogens is 274 g/mol. The number of hydrogen-bond donors (Lipinski definition) is 3. The van der Waals surface area contributed by atoms with Crippen LogP contribution in [0.3, 0.4) is 0 Å². The molecule has 7 nitrogen and oxygen atoms in total. The normalized spacial score (nSPS) is 20.6. The van der Waals surface area contributed by atoms with Crippen LogP contribution < -0.4 is 10.6 Å². The minimum atomic E-state index is -1.12. The first-order chi connectivity index (χ1) is 10.0. The fraction of sp³-hybridized carbons (Fsp3) is 0.357. The molecule has 1 unspecified atom stereocenters. The van der Waals surface area contributed by atoms with Crippen molar-refractivity contribution < 1.29 is 19.4 Å². The van der Waals surface area contributed by atoms with Gasteiger partial charge in [0.15, 0.2) is 0 Å². The number of carbonyl (C=O) groups is 2. The molecule has 21 heavy (non-hydrogen) atoms. The number of carbonyl (C=O) groups excluding carboxylic acids is 2. The van der Waals surface area contributed by atoms with Crippen molar-refractivity contribution in [2.45, 2.75) is 12.0 Å². The quantitative estimate of drug-likeness (QED) is 0.665. The van der Waals surface area contributed by atoms with E-state index in [0.29, 0.717) is 13.0 Å². The average Bonchev–Trinajstić information content (AvgIpc) is 2.92. The van der Waals surface area contributed by atoms with Gasteiger partial charge >= 0.3 is 11.8 Å². The molecule has 1 aliphatic heterocycles. The smallest absolute Gasteiger partial charge is 0.313 e. The SMILES string of the molecule is N#Cc1ccccc1NC(=O)C(=O)NCC1(O)CCOC1. The van der Waals surface area contributed by atoms with Crippen LogP contribution in [0.1, 0.15) is 12.0 Å². The van der Waals surface area contributed by atoms with Gasteiger partial charge in [-0.1, -0.05) is 12.1 Å². The van der Waals surface area contributed by atoms with Crippen LogP contribution in [0.5, 0.6) is 0 Å². The maximum Gasteiger partial charge on any atom is 0.313 e. The predicted octanol–water partition coefficient (Wildman–Crippen LogP) is -0.236. The van der Waals surface area contributed by atoms with Crippen molar-refractivity contribution in [3.05, 3.63) is 29.8 Å². The highest BCUT2D eigenvalue weighted by Gasteiger charge is 2.33. The van der Waals surface area contributed by atoms with Gasteiger partial charge in [0, 0.05) is 19.6 Å². The maximum atomic E-state index is 11.7. The van der Waals surface area contributed by atoms with Crippen LogP contribution in [-0.2, 0) is 14.3 Å². The summed E-state index contributed by atoms with van der Waals surface area (Å²) in [4.78, 5) is 23.4. The molecule has 1 aromatic carbocycles. The number of anilines is 1. The van der Waals surface area contributed by atoms with Gasteiger partial charge in [-0.15, -0.1) is 0 Å². The van der Waals surface area contributed by atoms with Crippen LogP contribution in [0.2, 0.25) is 0 Å². The summed E-state index contributed by atoms with van der Waals surface area (Å²) in [7, 11) is 0. The number of nitrogens with zero attached hydrogens (tertiary/aromatic N) is 1.